The number of hydrogen-bond acceptors (Lipinski definition) is 4. The molecule has 0 aliphatic rings. The molecule has 0 aromatic heterocycles. The summed E-state index contributed by atoms with van der Waals surface area (Å²) in [4.78, 5) is 12.0. The van der Waals surface area contributed by atoms with Crippen molar-refractivity contribution in [3.05, 3.63) is 72.3 Å². The number of amides is 1. The predicted octanol–water partition coefficient (Wildman–Crippen LogP) is 5.58. The van der Waals surface area contributed by atoms with Crippen LogP contribution < -0.4 is 11.1 Å². The maximum atomic E-state index is 12.0. The summed E-state index contributed by atoms with van der Waals surface area (Å²) in [5, 5.41) is 18.1. The van der Waals surface area contributed by atoms with Crippen molar-refractivity contribution in [3.8, 4) is 0 Å². The van der Waals surface area contributed by atoms with Gasteiger partial charge in [-0.1, -0.05) is 66.5 Å². The van der Waals surface area contributed by atoms with Gasteiger partial charge in [0.15, 0.2) is 0 Å². The molecule has 3 aromatic carbocycles. The second-order valence-corrected chi connectivity index (χ2v) is 7.16. The van der Waals surface area contributed by atoms with Gasteiger partial charge in [-0.25, -0.2) is 0 Å². The molecule has 0 aliphatic carbocycles. The highest BCUT2D eigenvalue weighted by Gasteiger charge is 2.07. The van der Waals surface area contributed by atoms with Gasteiger partial charge in [0, 0.05) is 6.42 Å². The van der Waals surface area contributed by atoms with Crippen LogP contribution in [0.5, 0.6) is 0 Å². The van der Waals surface area contributed by atoms with Crippen molar-refractivity contribution >= 4 is 33.8 Å². The molecule has 0 spiro atoms. The van der Waals surface area contributed by atoms with E-state index >= 15 is 0 Å². The lowest BCUT2D eigenvalue weighted by Gasteiger charge is -2.08. The van der Waals surface area contributed by atoms with E-state index < -0.39 is 0 Å². The number of rotatable bonds is 9. The van der Waals surface area contributed by atoms with Crippen LogP contribution in [0, 0.1) is 0 Å². The van der Waals surface area contributed by atoms with Gasteiger partial charge in [-0.2, -0.15) is 0 Å². The zero-order valence-electron chi connectivity index (χ0n) is 16.5. The Balaban J connectivity index is 1.39. The number of hydrogen-bond donors (Lipinski definition) is 3. The first-order valence-corrected chi connectivity index (χ1v) is 10.0. The lowest BCUT2D eigenvalue weighted by Crippen LogP contribution is -2.12. The SMILES string of the molecule is Nc1ccccc1NC(=O)CCCCCC/C(=N\O)c1ccc2ccccc2c1. The molecule has 0 fully saturated rings. The van der Waals surface area contributed by atoms with Gasteiger partial charge in [0.2, 0.25) is 5.91 Å². The minimum atomic E-state index is -0.0170. The Hall–Kier alpha value is -3.34. The van der Waals surface area contributed by atoms with Gasteiger partial charge in [0.25, 0.3) is 0 Å². The summed E-state index contributed by atoms with van der Waals surface area (Å²) in [5.74, 6) is -0.0170. The van der Waals surface area contributed by atoms with Crippen LogP contribution in [0.3, 0.4) is 0 Å². The highest BCUT2D eigenvalue weighted by Crippen LogP contribution is 2.19. The van der Waals surface area contributed by atoms with Crippen LogP contribution in [0.4, 0.5) is 11.4 Å². The molecule has 0 saturated heterocycles. The largest absolute Gasteiger partial charge is 0.411 e. The second kappa shape index (κ2) is 10.3. The molecule has 4 N–H and O–H groups in total. The van der Waals surface area contributed by atoms with E-state index in [4.69, 9.17) is 5.73 Å². The molecular weight excluding hydrogens is 362 g/mol. The molecule has 3 rings (SSSR count). The number of anilines is 2. The predicted molar refractivity (Wildman–Crippen MR) is 119 cm³/mol. The van der Waals surface area contributed by atoms with Crippen LogP contribution in [0.1, 0.15) is 44.1 Å². The number of oxime groups is 1. The standard InChI is InChI=1S/C24H27N3O2/c25-21-11-7-8-13-23(21)26-24(28)14-4-2-1-3-12-22(27-29)20-16-15-18-9-5-6-10-19(18)17-20/h5-11,13,15-17,29H,1-4,12,14,25H2,(H,26,28)/b27-22+. The van der Waals surface area contributed by atoms with E-state index in [2.05, 4.69) is 28.7 Å². The highest BCUT2D eigenvalue weighted by molar-refractivity contribution is 6.03. The summed E-state index contributed by atoms with van der Waals surface area (Å²) >= 11 is 0. The Morgan fingerprint density at radius 2 is 1.55 bits per heavy atom. The van der Waals surface area contributed by atoms with Crippen LogP contribution in [-0.2, 0) is 4.79 Å². The molecular formula is C24H27N3O2. The van der Waals surface area contributed by atoms with E-state index in [0.29, 0.717) is 29.9 Å². The number of unbranched alkanes of at least 4 members (excludes halogenated alkanes) is 3. The quantitative estimate of drug-likeness (QED) is 0.147. The number of fused-ring (bicyclic) bond motifs is 1. The average molecular weight is 389 g/mol. The number of carbonyl (C=O) groups excluding carboxylic acids is 1. The topological polar surface area (TPSA) is 87.7 Å². The molecule has 1 amide bonds. The summed E-state index contributed by atoms with van der Waals surface area (Å²) in [6.07, 6.45) is 4.85. The van der Waals surface area contributed by atoms with Gasteiger partial charge in [-0.3, -0.25) is 4.79 Å². The first kappa shape index (κ1) is 20.4. The van der Waals surface area contributed by atoms with Crippen LogP contribution in [0.2, 0.25) is 0 Å². The first-order chi connectivity index (χ1) is 14.2. The number of nitrogen functional groups attached to an aromatic ring is 1. The number of para-hydroxylation sites is 2. The normalized spacial score (nSPS) is 11.5. The third kappa shape index (κ3) is 5.82. The Labute approximate surface area is 171 Å². The molecule has 5 heteroatoms. The smallest absolute Gasteiger partial charge is 0.224 e. The summed E-state index contributed by atoms with van der Waals surface area (Å²) < 4.78 is 0. The van der Waals surface area contributed by atoms with Crippen molar-refractivity contribution in [1.82, 2.24) is 0 Å². The van der Waals surface area contributed by atoms with Crippen LogP contribution >= 0.6 is 0 Å². The van der Waals surface area contributed by atoms with Gasteiger partial charge in [0.05, 0.1) is 17.1 Å². The number of nitrogens with one attached hydrogen (secondary N) is 1. The fourth-order valence-electron chi connectivity index (χ4n) is 3.38. The minimum Gasteiger partial charge on any atom is -0.411 e. The van der Waals surface area contributed by atoms with Crippen LogP contribution in [0.15, 0.2) is 71.9 Å². The molecule has 0 heterocycles. The molecule has 0 atom stereocenters. The molecule has 3 aromatic rings. The monoisotopic (exact) mass is 389 g/mol. The third-order valence-electron chi connectivity index (χ3n) is 5.01. The summed E-state index contributed by atoms with van der Waals surface area (Å²) in [7, 11) is 0. The molecule has 0 radical (unpaired) electrons. The third-order valence-corrected chi connectivity index (χ3v) is 5.01. The van der Waals surface area contributed by atoms with Gasteiger partial charge >= 0.3 is 0 Å². The Kier molecular flexibility index (Phi) is 7.22. The summed E-state index contributed by atoms with van der Waals surface area (Å²) in [6.45, 7) is 0. The van der Waals surface area contributed by atoms with Crippen molar-refractivity contribution in [3.63, 3.8) is 0 Å². The zero-order valence-corrected chi connectivity index (χ0v) is 16.5. The maximum absolute atomic E-state index is 12.0. The number of nitrogens with zero attached hydrogens (tertiary/aromatic N) is 1. The Morgan fingerprint density at radius 1 is 0.862 bits per heavy atom. The average Bonchev–Trinajstić information content (AvgIpc) is 2.74. The van der Waals surface area contributed by atoms with Gasteiger partial charge in [-0.05, 0) is 53.8 Å². The number of nitrogens with two attached hydrogens (primary N) is 1. The molecule has 0 saturated carbocycles. The van der Waals surface area contributed by atoms with E-state index in [0.717, 1.165) is 36.6 Å². The fourth-order valence-corrected chi connectivity index (χ4v) is 3.38. The zero-order chi connectivity index (χ0) is 20.5. The molecule has 0 unspecified atom stereocenters. The first-order valence-electron chi connectivity index (χ1n) is 10.0. The minimum absolute atomic E-state index is 0.0170. The van der Waals surface area contributed by atoms with Crippen molar-refractivity contribution in [2.24, 2.45) is 5.16 Å². The van der Waals surface area contributed by atoms with Crippen LogP contribution in [0.25, 0.3) is 10.8 Å². The molecule has 150 valence electrons. The maximum Gasteiger partial charge on any atom is 0.224 e. The van der Waals surface area contributed by atoms with E-state index in [-0.39, 0.29) is 5.91 Å². The van der Waals surface area contributed by atoms with Crippen LogP contribution in [-0.4, -0.2) is 16.8 Å². The Bertz CT molecular complexity index is 998. The van der Waals surface area contributed by atoms with E-state index in [1.807, 2.05) is 36.4 Å². The van der Waals surface area contributed by atoms with Crippen molar-refractivity contribution < 1.29 is 10.0 Å². The molecule has 5 nitrogen and oxygen atoms in total. The lowest BCUT2D eigenvalue weighted by molar-refractivity contribution is -0.116. The number of benzene rings is 3. The highest BCUT2D eigenvalue weighted by atomic mass is 16.4. The lowest BCUT2D eigenvalue weighted by atomic mass is 10.00. The van der Waals surface area contributed by atoms with Gasteiger partial charge < -0.3 is 16.3 Å². The van der Waals surface area contributed by atoms with Gasteiger partial charge in [0.1, 0.15) is 0 Å². The fraction of sp³-hybridized carbons (Fsp3) is 0.250. The summed E-state index contributed by atoms with van der Waals surface area (Å²) in [6, 6.07) is 21.5. The second-order valence-electron chi connectivity index (χ2n) is 7.16. The number of carbonyl (C=O) groups is 1. The van der Waals surface area contributed by atoms with E-state index in [1.165, 1.54) is 5.39 Å². The summed E-state index contributed by atoms with van der Waals surface area (Å²) in [5.41, 5.74) is 8.73. The molecule has 0 bridgehead atoms. The van der Waals surface area contributed by atoms with Gasteiger partial charge in [-0.15, -0.1) is 0 Å². The Morgan fingerprint density at radius 3 is 2.31 bits per heavy atom. The molecule has 29 heavy (non-hydrogen) atoms. The van der Waals surface area contributed by atoms with Crippen molar-refractivity contribution in [1.29, 1.82) is 0 Å². The van der Waals surface area contributed by atoms with E-state index in [9.17, 15) is 10.0 Å². The van der Waals surface area contributed by atoms with E-state index in [1.54, 1.807) is 12.1 Å². The molecule has 0 aliphatic heterocycles. The van der Waals surface area contributed by atoms with Crippen molar-refractivity contribution in [2.75, 3.05) is 11.1 Å². The van der Waals surface area contributed by atoms with Crippen molar-refractivity contribution in [2.45, 2.75) is 38.5 Å².